The smallest absolute Gasteiger partial charge is 0.241 e. The fourth-order valence-electron chi connectivity index (χ4n) is 3.97. The Morgan fingerprint density at radius 1 is 1.22 bits per heavy atom. The highest BCUT2D eigenvalue weighted by Crippen LogP contribution is 2.36. The van der Waals surface area contributed by atoms with E-state index in [1.165, 1.54) is 11.3 Å². The standard InChI is InChI=1S/C21H25N7O6S3/c1-37(31,32)19(20-26-25-18(34-20)12-23-36(29)30)21-24-16-3-2-14(10-17(16)35-21)15-11-22-28(13-15)5-4-27-6-8-33-9-7-27/h2-3,10-11,13,19,23H,4-9,12H2,1H3,(H,29,30)/p-1. The maximum Gasteiger partial charge on any atom is 0.241 e. The molecule has 0 bridgehead atoms. The molecule has 4 aromatic rings. The summed E-state index contributed by atoms with van der Waals surface area (Å²) < 4.78 is 62.4. The van der Waals surface area contributed by atoms with Crippen molar-refractivity contribution in [1.29, 1.82) is 0 Å². The molecule has 16 heteroatoms. The first kappa shape index (κ1) is 26.0. The molecule has 198 valence electrons. The average Bonchev–Trinajstić information content (AvgIpc) is 3.61. The highest BCUT2D eigenvalue weighted by atomic mass is 32.2. The van der Waals surface area contributed by atoms with Gasteiger partial charge in [0.15, 0.2) is 15.1 Å². The first-order chi connectivity index (χ1) is 17.8. The van der Waals surface area contributed by atoms with Crippen molar-refractivity contribution in [2.45, 2.75) is 18.3 Å². The molecule has 1 fully saturated rings. The van der Waals surface area contributed by atoms with Gasteiger partial charge in [-0.3, -0.25) is 13.8 Å². The van der Waals surface area contributed by atoms with Gasteiger partial charge in [0.1, 0.15) is 5.01 Å². The van der Waals surface area contributed by atoms with Gasteiger partial charge in [-0.25, -0.2) is 18.1 Å². The molecule has 0 saturated carbocycles. The number of hydrogen-bond acceptors (Lipinski definition) is 12. The van der Waals surface area contributed by atoms with Crippen LogP contribution in [0.3, 0.4) is 0 Å². The van der Waals surface area contributed by atoms with Gasteiger partial charge in [0.25, 0.3) is 0 Å². The van der Waals surface area contributed by atoms with Gasteiger partial charge in [-0.2, -0.15) is 5.10 Å². The van der Waals surface area contributed by atoms with Crippen LogP contribution in [0, 0.1) is 0 Å². The summed E-state index contributed by atoms with van der Waals surface area (Å²) in [4.78, 5) is 6.87. The van der Waals surface area contributed by atoms with E-state index in [0.717, 1.165) is 61.5 Å². The number of thiazole rings is 1. The van der Waals surface area contributed by atoms with Gasteiger partial charge in [-0.1, -0.05) is 6.07 Å². The molecule has 2 unspecified atom stereocenters. The third kappa shape index (κ3) is 6.28. The molecule has 37 heavy (non-hydrogen) atoms. The van der Waals surface area contributed by atoms with Crippen molar-refractivity contribution in [3.05, 3.63) is 47.4 Å². The van der Waals surface area contributed by atoms with Crippen LogP contribution in [0.4, 0.5) is 0 Å². The lowest BCUT2D eigenvalue weighted by molar-refractivity contribution is 0.0360. The van der Waals surface area contributed by atoms with Gasteiger partial charge in [0.05, 0.1) is 42.7 Å². The molecule has 0 aliphatic carbocycles. The number of morpholine rings is 1. The van der Waals surface area contributed by atoms with Gasteiger partial charge < -0.3 is 13.7 Å². The van der Waals surface area contributed by atoms with Crippen LogP contribution in [0.5, 0.6) is 0 Å². The van der Waals surface area contributed by atoms with Crippen LogP contribution in [-0.4, -0.2) is 86.1 Å². The molecule has 1 aliphatic rings. The first-order valence-corrected chi connectivity index (χ1v) is 15.2. The van der Waals surface area contributed by atoms with E-state index in [-0.39, 0.29) is 23.3 Å². The number of nitrogens with zero attached hydrogens (tertiary/aromatic N) is 6. The second kappa shape index (κ2) is 11.0. The molecule has 5 rings (SSSR count). The topological polar surface area (TPSA) is 168 Å². The minimum atomic E-state index is -3.73. The highest BCUT2D eigenvalue weighted by Gasteiger charge is 2.34. The number of nitrogens with one attached hydrogen (secondary N) is 1. The summed E-state index contributed by atoms with van der Waals surface area (Å²) in [6.07, 6.45) is 4.87. The van der Waals surface area contributed by atoms with Crippen LogP contribution in [0.25, 0.3) is 21.3 Å². The van der Waals surface area contributed by atoms with Crippen LogP contribution in [-0.2, 0) is 38.9 Å². The normalized spacial score (nSPS) is 16.8. The van der Waals surface area contributed by atoms with E-state index in [1.807, 2.05) is 35.3 Å². The fraction of sp³-hybridized carbons (Fsp3) is 0.429. The minimum Gasteiger partial charge on any atom is -0.760 e. The lowest BCUT2D eigenvalue weighted by Crippen LogP contribution is -2.38. The molecule has 2 atom stereocenters. The van der Waals surface area contributed by atoms with E-state index in [2.05, 4.69) is 29.9 Å². The van der Waals surface area contributed by atoms with Crippen LogP contribution in [0.15, 0.2) is 35.0 Å². The van der Waals surface area contributed by atoms with E-state index in [4.69, 9.17) is 9.15 Å². The van der Waals surface area contributed by atoms with Crippen LogP contribution < -0.4 is 4.72 Å². The number of rotatable bonds is 10. The average molecular weight is 567 g/mol. The zero-order chi connectivity index (χ0) is 26.0. The zero-order valence-corrected chi connectivity index (χ0v) is 22.2. The van der Waals surface area contributed by atoms with Crippen molar-refractivity contribution < 1.29 is 26.3 Å². The van der Waals surface area contributed by atoms with E-state index < -0.39 is 26.4 Å². The molecule has 1 aliphatic heterocycles. The Hall–Kier alpha value is -2.60. The second-order valence-electron chi connectivity index (χ2n) is 8.48. The van der Waals surface area contributed by atoms with E-state index in [9.17, 15) is 17.2 Å². The second-order valence-corrected chi connectivity index (χ2v) is 12.4. The maximum atomic E-state index is 12.7. The van der Waals surface area contributed by atoms with Gasteiger partial charge >= 0.3 is 0 Å². The Morgan fingerprint density at radius 2 is 2.03 bits per heavy atom. The molecular weight excluding hydrogens is 542 g/mol. The quantitative estimate of drug-likeness (QED) is 0.271. The van der Waals surface area contributed by atoms with E-state index in [0.29, 0.717) is 5.52 Å². The van der Waals surface area contributed by atoms with Gasteiger partial charge in [0.2, 0.25) is 11.8 Å². The van der Waals surface area contributed by atoms with Crippen molar-refractivity contribution in [3.63, 3.8) is 0 Å². The summed E-state index contributed by atoms with van der Waals surface area (Å²) in [6.45, 7) is 4.80. The number of benzene rings is 1. The van der Waals surface area contributed by atoms with Crippen molar-refractivity contribution in [3.8, 4) is 11.1 Å². The van der Waals surface area contributed by atoms with Crippen molar-refractivity contribution >= 4 is 42.7 Å². The van der Waals surface area contributed by atoms with Crippen LogP contribution in [0.2, 0.25) is 0 Å². The third-order valence-corrected chi connectivity index (χ3v) is 8.71. The molecule has 1 N–H and O–H groups in total. The third-order valence-electron chi connectivity index (χ3n) is 5.82. The summed E-state index contributed by atoms with van der Waals surface area (Å²) in [7, 11) is -3.73. The Bertz CT molecular complexity index is 1510. The lowest BCUT2D eigenvalue weighted by atomic mass is 10.1. The zero-order valence-electron chi connectivity index (χ0n) is 19.8. The first-order valence-electron chi connectivity index (χ1n) is 11.3. The molecule has 1 saturated heterocycles. The van der Waals surface area contributed by atoms with Crippen molar-refractivity contribution in [1.82, 2.24) is 34.6 Å². The van der Waals surface area contributed by atoms with Crippen LogP contribution in [0.1, 0.15) is 22.0 Å². The summed E-state index contributed by atoms with van der Waals surface area (Å²) in [6, 6.07) is 5.71. The maximum absolute atomic E-state index is 12.7. The molecule has 1 aromatic carbocycles. The van der Waals surface area contributed by atoms with Crippen molar-refractivity contribution in [2.24, 2.45) is 0 Å². The molecular formula is C21H24N7O6S3-. The monoisotopic (exact) mass is 566 g/mol. The van der Waals surface area contributed by atoms with Gasteiger partial charge in [-0.05, 0) is 17.7 Å². The Kier molecular flexibility index (Phi) is 7.75. The highest BCUT2D eigenvalue weighted by molar-refractivity contribution is 7.91. The number of hydrogen-bond donors (Lipinski definition) is 1. The van der Waals surface area contributed by atoms with E-state index >= 15 is 0 Å². The lowest BCUT2D eigenvalue weighted by Gasteiger charge is -2.26. The predicted octanol–water partition coefficient (Wildman–Crippen LogP) is 0.893. The molecule has 4 heterocycles. The summed E-state index contributed by atoms with van der Waals surface area (Å²) in [5.41, 5.74) is 2.52. The Labute approximate surface area is 219 Å². The van der Waals surface area contributed by atoms with Gasteiger partial charge in [0, 0.05) is 48.9 Å². The van der Waals surface area contributed by atoms with Crippen molar-refractivity contribution in [2.75, 3.05) is 39.1 Å². The largest absolute Gasteiger partial charge is 0.760 e. The van der Waals surface area contributed by atoms with E-state index in [1.54, 1.807) is 0 Å². The number of aromatic nitrogens is 5. The molecule has 3 aromatic heterocycles. The van der Waals surface area contributed by atoms with Crippen LogP contribution >= 0.6 is 11.3 Å². The predicted molar refractivity (Wildman–Crippen MR) is 135 cm³/mol. The summed E-state index contributed by atoms with van der Waals surface area (Å²) in [5, 5.41) is 11.1. The molecule has 0 spiro atoms. The number of ether oxygens (including phenoxy) is 1. The molecule has 0 radical (unpaired) electrons. The number of sulfone groups is 1. The van der Waals surface area contributed by atoms with Gasteiger partial charge in [-0.15, -0.1) is 21.5 Å². The fourth-order valence-corrected chi connectivity index (χ4v) is 6.75. The Morgan fingerprint density at radius 3 is 2.78 bits per heavy atom. The summed E-state index contributed by atoms with van der Waals surface area (Å²) in [5.74, 6) is -0.223. The Balaban J connectivity index is 1.36. The SMILES string of the molecule is CS(=O)(=O)C(c1nnc(CNS(=O)[O-])o1)c1nc2ccc(-c3cnn(CCN4CCOCC4)c3)cc2s1. The minimum absolute atomic E-state index is 0.0538. The summed E-state index contributed by atoms with van der Waals surface area (Å²) >= 11 is -1.30. The molecule has 0 amide bonds. The number of fused-ring (bicyclic) bond motifs is 1. The molecule has 13 nitrogen and oxygen atoms in total.